The number of hydrogen-bond acceptors (Lipinski definition) is 2. The van der Waals surface area contributed by atoms with Crippen LogP contribution in [-0.4, -0.2) is 0 Å². The maximum atomic E-state index is 6.58. The molecule has 0 atom stereocenters. The number of benzene rings is 10. The van der Waals surface area contributed by atoms with Gasteiger partial charge in [0, 0.05) is 32.3 Å². The van der Waals surface area contributed by atoms with Gasteiger partial charge in [-0.2, -0.15) is 0 Å². The van der Waals surface area contributed by atoms with Crippen LogP contribution in [0.1, 0.15) is 0 Å². The predicted octanol–water partition coefficient (Wildman–Crippen LogP) is 14.0. The highest BCUT2D eigenvalue weighted by Crippen LogP contribution is 2.44. The summed E-state index contributed by atoms with van der Waals surface area (Å²) < 4.78 is 13.2. The molecule has 2 heterocycles. The van der Waals surface area contributed by atoms with E-state index >= 15 is 0 Å². The van der Waals surface area contributed by atoms with Crippen LogP contribution in [0.3, 0.4) is 0 Å². The molecule has 0 unspecified atom stereocenters. The summed E-state index contributed by atoms with van der Waals surface area (Å²) in [6.07, 6.45) is 0. The molecule has 0 saturated carbocycles. The number of fused-ring (bicyclic) bond motifs is 10. The molecule has 0 aliphatic rings. The van der Waals surface area contributed by atoms with Gasteiger partial charge in [0.25, 0.3) is 0 Å². The summed E-state index contributed by atoms with van der Waals surface area (Å²) in [7, 11) is 0. The molecule has 230 valence electrons. The molecule has 0 aliphatic heterocycles. The van der Waals surface area contributed by atoms with Gasteiger partial charge in [0.05, 0.1) is 0 Å². The summed E-state index contributed by atoms with van der Waals surface area (Å²) in [5.74, 6) is 0. The van der Waals surface area contributed by atoms with Crippen LogP contribution in [-0.2, 0) is 0 Å². The minimum absolute atomic E-state index is 0.913. The van der Waals surface area contributed by atoms with Crippen molar-refractivity contribution >= 4 is 97.7 Å². The van der Waals surface area contributed by atoms with Gasteiger partial charge >= 0.3 is 0 Å². The molecule has 0 aliphatic carbocycles. The molecule has 2 aromatic heterocycles. The van der Waals surface area contributed by atoms with Crippen LogP contribution in [0.5, 0.6) is 0 Å². The second-order valence-electron chi connectivity index (χ2n) is 13.6. The van der Waals surface area contributed by atoms with Gasteiger partial charge in [0.1, 0.15) is 22.3 Å². The van der Waals surface area contributed by atoms with Crippen molar-refractivity contribution in [3.63, 3.8) is 0 Å². The number of rotatable bonds is 2. The Morgan fingerprint density at radius 1 is 0.280 bits per heavy atom. The van der Waals surface area contributed by atoms with Gasteiger partial charge in [-0.3, -0.25) is 0 Å². The van der Waals surface area contributed by atoms with Crippen molar-refractivity contribution in [2.24, 2.45) is 0 Å². The van der Waals surface area contributed by atoms with Crippen LogP contribution in [0.15, 0.2) is 167 Å². The maximum absolute atomic E-state index is 6.58. The van der Waals surface area contributed by atoms with E-state index in [9.17, 15) is 0 Å². The van der Waals surface area contributed by atoms with E-state index < -0.39 is 0 Å². The lowest BCUT2D eigenvalue weighted by molar-refractivity contribution is 0.672. The van der Waals surface area contributed by atoms with Crippen molar-refractivity contribution in [3.8, 4) is 22.3 Å². The highest BCUT2D eigenvalue weighted by atomic mass is 16.3. The van der Waals surface area contributed by atoms with Gasteiger partial charge in [0.15, 0.2) is 0 Å². The minimum atomic E-state index is 0.913. The molecule has 2 heteroatoms. The fourth-order valence-corrected chi connectivity index (χ4v) is 8.65. The highest BCUT2D eigenvalue weighted by Gasteiger charge is 2.18. The lowest BCUT2D eigenvalue weighted by Crippen LogP contribution is -1.89. The third kappa shape index (κ3) is 3.47. The van der Waals surface area contributed by atoms with Crippen molar-refractivity contribution in [1.82, 2.24) is 0 Å². The first-order chi connectivity index (χ1) is 24.8. The van der Waals surface area contributed by atoms with Crippen LogP contribution in [0.4, 0.5) is 0 Å². The minimum Gasteiger partial charge on any atom is -0.455 e. The maximum Gasteiger partial charge on any atom is 0.143 e. The molecule has 0 fully saturated rings. The van der Waals surface area contributed by atoms with E-state index in [1.54, 1.807) is 0 Å². The van der Waals surface area contributed by atoms with E-state index in [2.05, 4.69) is 158 Å². The second kappa shape index (κ2) is 9.49. The molecule has 12 aromatic rings. The average molecular weight is 635 g/mol. The smallest absolute Gasteiger partial charge is 0.143 e. The van der Waals surface area contributed by atoms with E-state index in [-0.39, 0.29) is 0 Å². The Balaban J connectivity index is 1.05. The molecule has 12 rings (SSSR count). The lowest BCUT2D eigenvalue weighted by atomic mass is 9.87. The summed E-state index contributed by atoms with van der Waals surface area (Å²) in [6, 6.07) is 57.2. The Morgan fingerprint density at radius 2 is 0.680 bits per heavy atom. The normalized spacial score (nSPS) is 12.4. The van der Waals surface area contributed by atoms with Gasteiger partial charge in [-0.05, 0) is 102 Å². The van der Waals surface area contributed by atoms with E-state index in [0.717, 1.165) is 65.8 Å². The molecular weight excluding hydrogens is 609 g/mol. The van der Waals surface area contributed by atoms with E-state index in [1.165, 1.54) is 54.2 Å². The zero-order valence-corrected chi connectivity index (χ0v) is 26.8. The number of hydrogen-bond donors (Lipinski definition) is 0. The summed E-state index contributed by atoms with van der Waals surface area (Å²) in [5, 5.41) is 16.9. The summed E-state index contributed by atoms with van der Waals surface area (Å²) in [6.45, 7) is 0. The number of furan rings is 2. The Hall–Kier alpha value is -6.64. The van der Waals surface area contributed by atoms with Crippen LogP contribution >= 0.6 is 0 Å². The first kappa shape index (κ1) is 26.3. The van der Waals surface area contributed by atoms with Gasteiger partial charge in [0.2, 0.25) is 0 Å². The molecule has 0 saturated heterocycles. The molecule has 0 spiro atoms. The Kier molecular flexibility index (Phi) is 5.00. The summed E-state index contributed by atoms with van der Waals surface area (Å²) in [4.78, 5) is 0. The molecule has 0 radical (unpaired) electrons. The SMILES string of the molecule is c1ccc2c(c1)ccc1c3ccc(-c4ccc5ccc6c(-c7ccc8c(c7)oc7c9ccccc9ccc87)ccc7ccc4c5c76)cc3oc21. The Bertz CT molecular complexity index is 3150. The molecule has 0 bridgehead atoms. The first-order valence-corrected chi connectivity index (χ1v) is 17.2. The van der Waals surface area contributed by atoms with Crippen molar-refractivity contribution in [1.29, 1.82) is 0 Å². The Morgan fingerprint density at radius 3 is 1.18 bits per heavy atom. The fraction of sp³-hybridized carbons (Fsp3) is 0. The summed E-state index contributed by atoms with van der Waals surface area (Å²) in [5.41, 5.74) is 8.45. The van der Waals surface area contributed by atoms with Crippen LogP contribution in [0, 0.1) is 0 Å². The molecular formula is C48H26O2. The van der Waals surface area contributed by atoms with E-state index in [0.29, 0.717) is 0 Å². The third-order valence-electron chi connectivity index (χ3n) is 11.0. The van der Waals surface area contributed by atoms with E-state index in [4.69, 9.17) is 8.83 Å². The quantitative estimate of drug-likeness (QED) is 0.177. The molecule has 0 amide bonds. The van der Waals surface area contributed by atoms with Crippen LogP contribution < -0.4 is 0 Å². The topological polar surface area (TPSA) is 26.3 Å². The monoisotopic (exact) mass is 634 g/mol. The fourth-order valence-electron chi connectivity index (χ4n) is 8.65. The van der Waals surface area contributed by atoms with Crippen molar-refractivity contribution in [3.05, 3.63) is 158 Å². The van der Waals surface area contributed by atoms with Crippen molar-refractivity contribution in [2.75, 3.05) is 0 Å². The van der Waals surface area contributed by atoms with Gasteiger partial charge in [-0.1, -0.05) is 121 Å². The standard InChI is InChI=1S/C48H26O2/c1-3-7-35-27(5-1)9-23-41-37-19-15-31(25-43(37)49-47(35)41)33-17-11-29-14-22-40-34(18-12-30-13-21-39(33)45(29)46(30)40)32-16-20-38-42-24-10-28-6-2-4-8-36(28)48(42)50-44(38)26-32/h1-26H. The molecule has 10 aromatic carbocycles. The molecule has 2 nitrogen and oxygen atoms in total. The van der Waals surface area contributed by atoms with Crippen molar-refractivity contribution in [2.45, 2.75) is 0 Å². The Labute approximate surface area is 285 Å². The van der Waals surface area contributed by atoms with Crippen LogP contribution in [0.25, 0.3) is 120 Å². The second-order valence-corrected chi connectivity index (χ2v) is 13.6. The predicted molar refractivity (Wildman–Crippen MR) is 211 cm³/mol. The zero-order valence-electron chi connectivity index (χ0n) is 26.8. The highest BCUT2D eigenvalue weighted by molar-refractivity contribution is 6.28. The average Bonchev–Trinajstić information content (AvgIpc) is 3.75. The largest absolute Gasteiger partial charge is 0.455 e. The van der Waals surface area contributed by atoms with Gasteiger partial charge < -0.3 is 8.83 Å². The van der Waals surface area contributed by atoms with E-state index in [1.807, 2.05) is 0 Å². The van der Waals surface area contributed by atoms with Crippen LogP contribution in [0.2, 0.25) is 0 Å². The lowest BCUT2D eigenvalue weighted by Gasteiger charge is -2.16. The first-order valence-electron chi connectivity index (χ1n) is 17.2. The summed E-state index contributed by atoms with van der Waals surface area (Å²) >= 11 is 0. The molecule has 50 heavy (non-hydrogen) atoms. The zero-order chi connectivity index (χ0) is 32.5. The van der Waals surface area contributed by atoms with Crippen molar-refractivity contribution < 1.29 is 8.83 Å². The molecule has 0 N–H and O–H groups in total. The third-order valence-corrected chi connectivity index (χ3v) is 11.0. The van der Waals surface area contributed by atoms with Gasteiger partial charge in [-0.25, -0.2) is 0 Å². The van der Waals surface area contributed by atoms with Gasteiger partial charge in [-0.15, -0.1) is 0 Å².